The summed E-state index contributed by atoms with van der Waals surface area (Å²) in [5.41, 5.74) is 7.58. The molecule has 1 rings (SSSR count). The zero-order valence-corrected chi connectivity index (χ0v) is 10.7. The lowest BCUT2D eigenvalue weighted by atomic mass is 10.3. The molecule has 7 heteroatoms. The van der Waals surface area contributed by atoms with Crippen molar-refractivity contribution in [2.75, 3.05) is 0 Å². The third kappa shape index (κ3) is 2.84. The molecule has 0 saturated heterocycles. The second kappa shape index (κ2) is 4.97. The van der Waals surface area contributed by atoms with E-state index in [0.29, 0.717) is 19.7 Å². The van der Waals surface area contributed by atoms with E-state index in [1.807, 2.05) is 0 Å². The van der Waals surface area contributed by atoms with E-state index >= 15 is 0 Å². The molecule has 0 spiro atoms. The van der Waals surface area contributed by atoms with E-state index in [4.69, 9.17) is 22.5 Å². The monoisotopic (exact) mass is 341 g/mol. The lowest BCUT2D eigenvalue weighted by Gasteiger charge is -2.04. The molecule has 14 heavy (non-hydrogen) atoms. The predicted molar refractivity (Wildman–Crippen MR) is 63.1 cm³/mol. The zero-order valence-electron chi connectivity index (χ0n) is 6.76. The minimum Gasteiger partial charge on any atom is -0.368 e. The van der Waals surface area contributed by atoms with Gasteiger partial charge in [0.25, 0.3) is 0 Å². The Bertz CT molecular complexity index is 360. The van der Waals surface area contributed by atoms with E-state index in [1.165, 1.54) is 0 Å². The van der Waals surface area contributed by atoms with Crippen molar-refractivity contribution in [2.45, 2.75) is 0 Å². The Kier molecular flexibility index (Phi) is 4.18. The maximum Gasteiger partial charge on any atom is 0.218 e. The van der Waals surface area contributed by atoms with Gasteiger partial charge < -0.3 is 5.73 Å². The molecule has 0 saturated carbocycles. The maximum absolute atomic E-state index is 8.47. The molecule has 0 fully saturated rings. The van der Waals surface area contributed by atoms with Gasteiger partial charge in [-0.3, -0.25) is 5.21 Å². The van der Waals surface area contributed by atoms with Crippen LogP contribution in [0.25, 0.3) is 0 Å². The molecule has 0 atom stereocenters. The zero-order chi connectivity index (χ0) is 10.7. The molecule has 0 amide bonds. The highest BCUT2D eigenvalue weighted by Gasteiger charge is 2.06. The average Bonchev–Trinajstić information content (AvgIpc) is 2.10. The molecule has 0 aliphatic rings. The van der Waals surface area contributed by atoms with Gasteiger partial charge in [-0.05, 0) is 44.0 Å². The number of guanidine groups is 1. The molecular weight excluding hydrogens is 337 g/mol. The molecule has 4 nitrogen and oxygen atoms in total. The summed E-state index contributed by atoms with van der Waals surface area (Å²) in [4.78, 5) is 3.90. The Morgan fingerprint density at radius 2 is 1.93 bits per heavy atom. The Morgan fingerprint density at radius 3 is 2.36 bits per heavy atom. The third-order valence-electron chi connectivity index (χ3n) is 1.33. The first-order valence-corrected chi connectivity index (χ1v) is 5.40. The summed E-state index contributed by atoms with van der Waals surface area (Å²) in [5, 5.41) is 9.04. The molecule has 0 bridgehead atoms. The fourth-order valence-electron chi connectivity index (χ4n) is 0.787. The van der Waals surface area contributed by atoms with Crippen molar-refractivity contribution in [1.29, 1.82) is 0 Å². The van der Waals surface area contributed by atoms with E-state index in [-0.39, 0.29) is 5.96 Å². The van der Waals surface area contributed by atoms with Crippen molar-refractivity contribution >= 4 is 55.1 Å². The standard InChI is InChI=1S/C7H6Br2ClN3O/c8-4-1-3(10)2-5(9)6(4)12-7(11)13-14/h1-2,14H,(H3,11,12,13). The van der Waals surface area contributed by atoms with Crippen LogP contribution < -0.4 is 11.2 Å². The number of hydrogen-bond donors (Lipinski definition) is 3. The van der Waals surface area contributed by atoms with Crippen LogP contribution in [0, 0.1) is 0 Å². The van der Waals surface area contributed by atoms with Gasteiger partial charge in [0.2, 0.25) is 5.96 Å². The Balaban J connectivity index is 3.21. The fourth-order valence-corrected chi connectivity index (χ4v) is 2.63. The summed E-state index contributed by atoms with van der Waals surface area (Å²) in [6.45, 7) is 0. The van der Waals surface area contributed by atoms with Crippen LogP contribution in [0.15, 0.2) is 26.1 Å². The van der Waals surface area contributed by atoms with Gasteiger partial charge in [0.15, 0.2) is 0 Å². The molecule has 4 N–H and O–H groups in total. The number of aliphatic imine (C=N–C) groups is 1. The van der Waals surface area contributed by atoms with Crippen LogP contribution in [0.3, 0.4) is 0 Å². The van der Waals surface area contributed by atoms with Crippen LogP contribution in [0.5, 0.6) is 0 Å². The molecule has 0 heterocycles. The van der Waals surface area contributed by atoms with E-state index in [2.05, 4.69) is 36.9 Å². The lowest BCUT2D eigenvalue weighted by molar-refractivity contribution is 0.233. The number of halogens is 3. The molecule has 1 aromatic rings. The number of nitrogens with zero attached hydrogens (tertiary/aromatic N) is 1. The van der Waals surface area contributed by atoms with Crippen molar-refractivity contribution in [3.8, 4) is 0 Å². The first-order chi connectivity index (χ1) is 6.54. The minimum atomic E-state index is -0.103. The van der Waals surface area contributed by atoms with Crippen LogP contribution in [0.2, 0.25) is 5.02 Å². The van der Waals surface area contributed by atoms with Crippen LogP contribution >= 0.6 is 43.5 Å². The van der Waals surface area contributed by atoms with Gasteiger partial charge in [0, 0.05) is 14.0 Å². The first kappa shape index (κ1) is 11.8. The van der Waals surface area contributed by atoms with Gasteiger partial charge in [-0.25, -0.2) is 10.5 Å². The van der Waals surface area contributed by atoms with Crippen molar-refractivity contribution in [3.05, 3.63) is 26.1 Å². The molecule has 1 aromatic carbocycles. The van der Waals surface area contributed by atoms with E-state index in [0.717, 1.165) is 0 Å². The summed E-state index contributed by atoms with van der Waals surface area (Å²) in [6.07, 6.45) is 0. The second-order valence-corrected chi connectivity index (χ2v) is 4.47. The SMILES string of the molecule is NC(=Nc1c(Br)cc(Cl)cc1Br)NO. The average molecular weight is 343 g/mol. The maximum atomic E-state index is 8.47. The first-order valence-electron chi connectivity index (χ1n) is 3.43. The molecule has 0 aliphatic carbocycles. The van der Waals surface area contributed by atoms with Crippen LogP contribution in [0.1, 0.15) is 0 Å². The quantitative estimate of drug-likeness (QED) is 0.417. The predicted octanol–water partition coefficient (Wildman–Crippen LogP) is 2.79. The highest BCUT2D eigenvalue weighted by Crippen LogP contribution is 2.36. The number of hydrogen-bond acceptors (Lipinski definition) is 2. The van der Waals surface area contributed by atoms with Gasteiger partial charge in [-0.2, -0.15) is 0 Å². The highest BCUT2D eigenvalue weighted by molar-refractivity contribution is 9.11. The van der Waals surface area contributed by atoms with Gasteiger partial charge in [-0.1, -0.05) is 11.6 Å². The van der Waals surface area contributed by atoms with Gasteiger partial charge in [-0.15, -0.1) is 0 Å². The normalized spacial score (nSPS) is 11.6. The summed E-state index contributed by atoms with van der Waals surface area (Å²) in [7, 11) is 0. The van der Waals surface area contributed by atoms with Crippen LogP contribution in [0.4, 0.5) is 5.69 Å². The molecule has 0 unspecified atom stereocenters. The Morgan fingerprint density at radius 1 is 1.43 bits per heavy atom. The Labute approximate surface area is 102 Å². The van der Waals surface area contributed by atoms with Crippen LogP contribution in [-0.2, 0) is 0 Å². The minimum absolute atomic E-state index is 0.103. The molecule has 0 radical (unpaired) electrons. The Hall–Kier alpha value is -0.300. The number of nitrogens with two attached hydrogens (primary N) is 1. The van der Waals surface area contributed by atoms with Gasteiger partial charge in [0.05, 0.1) is 5.69 Å². The topological polar surface area (TPSA) is 70.6 Å². The summed E-state index contributed by atoms with van der Waals surface area (Å²) in [5.74, 6) is -0.103. The fraction of sp³-hybridized carbons (Fsp3) is 0. The molecule has 76 valence electrons. The number of rotatable bonds is 1. The van der Waals surface area contributed by atoms with Crippen molar-refractivity contribution in [2.24, 2.45) is 10.7 Å². The summed E-state index contributed by atoms with van der Waals surface area (Å²) in [6, 6.07) is 3.35. The summed E-state index contributed by atoms with van der Waals surface area (Å²) >= 11 is 12.3. The summed E-state index contributed by atoms with van der Waals surface area (Å²) < 4.78 is 1.35. The van der Waals surface area contributed by atoms with Crippen LogP contribution in [-0.4, -0.2) is 11.2 Å². The lowest BCUT2D eigenvalue weighted by Crippen LogP contribution is -2.27. The molecule has 0 aromatic heterocycles. The van der Waals surface area contributed by atoms with Crippen molar-refractivity contribution in [1.82, 2.24) is 5.48 Å². The largest absolute Gasteiger partial charge is 0.368 e. The van der Waals surface area contributed by atoms with Gasteiger partial charge >= 0.3 is 0 Å². The van der Waals surface area contributed by atoms with E-state index in [1.54, 1.807) is 17.6 Å². The number of benzene rings is 1. The van der Waals surface area contributed by atoms with E-state index in [9.17, 15) is 0 Å². The third-order valence-corrected chi connectivity index (χ3v) is 2.76. The highest BCUT2D eigenvalue weighted by atomic mass is 79.9. The van der Waals surface area contributed by atoms with Crippen molar-refractivity contribution < 1.29 is 5.21 Å². The van der Waals surface area contributed by atoms with E-state index < -0.39 is 0 Å². The number of hydroxylamine groups is 1. The second-order valence-electron chi connectivity index (χ2n) is 2.33. The molecular formula is C7H6Br2ClN3O. The number of nitrogens with one attached hydrogen (secondary N) is 1. The molecule has 0 aliphatic heterocycles. The van der Waals surface area contributed by atoms with Crippen molar-refractivity contribution in [3.63, 3.8) is 0 Å². The smallest absolute Gasteiger partial charge is 0.218 e. The van der Waals surface area contributed by atoms with Gasteiger partial charge in [0.1, 0.15) is 0 Å².